The summed E-state index contributed by atoms with van der Waals surface area (Å²) in [4.78, 5) is 11.3. The number of hydrogen-bond acceptors (Lipinski definition) is 5. The van der Waals surface area contributed by atoms with Crippen molar-refractivity contribution in [1.29, 1.82) is 0 Å². The van der Waals surface area contributed by atoms with Crippen molar-refractivity contribution in [3.8, 4) is 5.88 Å². The molecule has 0 saturated carbocycles. The molecule has 1 aromatic heterocycles. The number of anilines is 1. The average Bonchev–Trinajstić information content (AvgIpc) is 3.00. The van der Waals surface area contributed by atoms with E-state index in [9.17, 15) is 0 Å². The first-order valence-corrected chi connectivity index (χ1v) is 7.16. The normalized spacial score (nSPS) is 15.7. The number of likely N-dealkylation sites (tertiary alicyclic amines) is 1. The lowest BCUT2D eigenvalue weighted by molar-refractivity contribution is 0.234. The second-order valence-corrected chi connectivity index (χ2v) is 5.02. The molecule has 106 valence electrons. The fourth-order valence-corrected chi connectivity index (χ4v) is 2.55. The second kappa shape index (κ2) is 6.05. The van der Waals surface area contributed by atoms with Crippen LogP contribution in [0.25, 0.3) is 10.9 Å². The van der Waals surface area contributed by atoms with Gasteiger partial charge >= 0.3 is 0 Å². The summed E-state index contributed by atoms with van der Waals surface area (Å²) in [6.45, 7) is 4.02. The second-order valence-electron chi connectivity index (χ2n) is 5.02. The van der Waals surface area contributed by atoms with E-state index in [0.29, 0.717) is 18.4 Å². The molecule has 0 spiro atoms. The number of nitrogens with one attached hydrogen (secondary N) is 1. The quantitative estimate of drug-likeness (QED) is 0.903. The van der Waals surface area contributed by atoms with Gasteiger partial charge in [0.1, 0.15) is 6.61 Å². The number of para-hydroxylation sites is 1. The van der Waals surface area contributed by atoms with Crippen LogP contribution in [0.15, 0.2) is 24.3 Å². The Bertz CT molecular complexity index is 581. The van der Waals surface area contributed by atoms with E-state index in [0.717, 1.165) is 17.4 Å². The molecule has 3 rings (SSSR count). The fourth-order valence-electron chi connectivity index (χ4n) is 2.55. The largest absolute Gasteiger partial charge is 0.476 e. The first-order valence-electron chi connectivity index (χ1n) is 7.16. The van der Waals surface area contributed by atoms with Gasteiger partial charge in [0.15, 0.2) is 0 Å². The summed E-state index contributed by atoms with van der Waals surface area (Å²) in [5, 5.41) is 3.94. The minimum Gasteiger partial charge on any atom is -0.476 e. The first-order chi connectivity index (χ1) is 9.86. The molecule has 1 saturated heterocycles. The molecule has 2 heterocycles. The third-order valence-electron chi connectivity index (χ3n) is 3.64. The maximum atomic E-state index is 5.89. The molecule has 0 unspecified atom stereocenters. The highest BCUT2D eigenvalue weighted by Gasteiger charge is 2.12. The van der Waals surface area contributed by atoms with Crippen molar-refractivity contribution in [1.82, 2.24) is 14.9 Å². The monoisotopic (exact) mass is 272 g/mol. The molecule has 5 heteroatoms. The third kappa shape index (κ3) is 2.82. The molecule has 5 nitrogen and oxygen atoms in total. The van der Waals surface area contributed by atoms with Gasteiger partial charge in [-0.1, -0.05) is 12.1 Å². The van der Waals surface area contributed by atoms with Crippen LogP contribution in [0.2, 0.25) is 0 Å². The van der Waals surface area contributed by atoms with Crippen molar-refractivity contribution in [2.45, 2.75) is 12.8 Å². The van der Waals surface area contributed by atoms with E-state index < -0.39 is 0 Å². The molecule has 0 radical (unpaired) electrons. The van der Waals surface area contributed by atoms with E-state index >= 15 is 0 Å². The van der Waals surface area contributed by atoms with Crippen molar-refractivity contribution in [2.75, 3.05) is 38.6 Å². The van der Waals surface area contributed by atoms with Crippen molar-refractivity contribution in [3.05, 3.63) is 24.3 Å². The van der Waals surface area contributed by atoms with E-state index in [1.807, 2.05) is 31.3 Å². The molecule has 0 amide bonds. The van der Waals surface area contributed by atoms with Crippen LogP contribution in [0.5, 0.6) is 5.88 Å². The molecule has 1 aliphatic heterocycles. The van der Waals surface area contributed by atoms with Crippen LogP contribution in [-0.4, -0.2) is 48.2 Å². The first kappa shape index (κ1) is 13.1. The van der Waals surface area contributed by atoms with Gasteiger partial charge in [-0.25, -0.2) is 4.98 Å². The highest BCUT2D eigenvalue weighted by Crippen LogP contribution is 2.23. The van der Waals surface area contributed by atoms with Crippen LogP contribution < -0.4 is 10.1 Å². The molecule has 2 aromatic rings. The zero-order valence-electron chi connectivity index (χ0n) is 11.8. The van der Waals surface area contributed by atoms with E-state index in [1.54, 1.807) is 0 Å². The highest BCUT2D eigenvalue weighted by molar-refractivity contribution is 5.84. The Morgan fingerprint density at radius 1 is 1.20 bits per heavy atom. The SMILES string of the molecule is CNc1nc(OCCN2CCCC2)c2ccccc2n1. The predicted octanol–water partition coefficient (Wildman–Crippen LogP) is 2.15. The van der Waals surface area contributed by atoms with Crippen LogP contribution in [0.1, 0.15) is 12.8 Å². The van der Waals surface area contributed by atoms with Crippen LogP contribution in [0, 0.1) is 0 Å². The molecule has 0 aliphatic carbocycles. The maximum Gasteiger partial charge on any atom is 0.226 e. The maximum absolute atomic E-state index is 5.89. The summed E-state index contributed by atoms with van der Waals surface area (Å²) in [7, 11) is 1.82. The van der Waals surface area contributed by atoms with Crippen LogP contribution >= 0.6 is 0 Å². The number of fused-ring (bicyclic) bond motifs is 1. The Balaban J connectivity index is 1.75. The van der Waals surface area contributed by atoms with E-state index in [4.69, 9.17) is 4.74 Å². The van der Waals surface area contributed by atoms with Gasteiger partial charge in [-0.3, -0.25) is 4.90 Å². The number of benzene rings is 1. The molecule has 1 fully saturated rings. The van der Waals surface area contributed by atoms with Gasteiger partial charge in [-0.15, -0.1) is 0 Å². The van der Waals surface area contributed by atoms with Crippen molar-refractivity contribution in [2.24, 2.45) is 0 Å². The average molecular weight is 272 g/mol. The summed E-state index contributed by atoms with van der Waals surface area (Å²) in [6, 6.07) is 7.94. The Labute approximate surface area is 119 Å². The summed E-state index contributed by atoms with van der Waals surface area (Å²) in [5.74, 6) is 1.26. The molecule has 0 atom stereocenters. The Kier molecular flexibility index (Phi) is 3.97. The number of aromatic nitrogens is 2. The Morgan fingerprint density at radius 2 is 2.00 bits per heavy atom. The lowest BCUT2D eigenvalue weighted by Gasteiger charge is -2.15. The van der Waals surface area contributed by atoms with Gasteiger partial charge < -0.3 is 10.1 Å². The highest BCUT2D eigenvalue weighted by atomic mass is 16.5. The molecular weight excluding hydrogens is 252 g/mol. The summed E-state index contributed by atoms with van der Waals surface area (Å²) in [5.41, 5.74) is 0.906. The zero-order valence-corrected chi connectivity index (χ0v) is 11.8. The molecule has 0 bridgehead atoms. The topological polar surface area (TPSA) is 50.3 Å². The lowest BCUT2D eigenvalue weighted by atomic mass is 10.2. The van der Waals surface area contributed by atoms with Crippen molar-refractivity contribution in [3.63, 3.8) is 0 Å². The summed E-state index contributed by atoms with van der Waals surface area (Å²) in [6.07, 6.45) is 2.61. The van der Waals surface area contributed by atoms with Gasteiger partial charge in [0.2, 0.25) is 11.8 Å². The molecule has 1 N–H and O–H groups in total. The smallest absolute Gasteiger partial charge is 0.226 e. The minimum absolute atomic E-state index is 0.597. The molecule has 20 heavy (non-hydrogen) atoms. The number of hydrogen-bond donors (Lipinski definition) is 1. The van der Waals surface area contributed by atoms with Crippen LogP contribution in [0.3, 0.4) is 0 Å². The number of ether oxygens (including phenoxy) is 1. The van der Waals surface area contributed by atoms with Gasteiger partial charge in [0, 0.05) is 13.6 Å². The molecule has 1 aliphatic rings. The van der Waals surface area contributed by atoms with Gasteiger partial charge in [-0.2, -0.15) is 4.98 Å². The van der Waals surface area contributed by atoms with Crippen LogP contribution in [-0.2, 0) is 0 Å². The van der Waals surface area contributed by atoms with Gasteiger partial charge in [0.05, 0.1) is 10.9 Å². The van der Waals surface area contributed by atoms with Crippen LogP contribution in [0.4, 0.5) is 5.95 Å². The standard InChI is InChI=1S/C15H20N4O/c1-16-15-17-13-7-3-2-6-12(13)14(18-15)20-11-10-19-8-4-5-9-19/h2-3,6-7H,4-5,8-11H2,1H3,(H,16,17,18). The summed E-state index contributed by atoms with van der Waals surface area (Å²) < 4.78 is 5.89. The van der Waals surface area contributed by atoms with Crippen molar-refractivity contribution < 1.29 is 4.74 Å². The number of rotatable bonds is 5. The van der Waals surface area contributed by atoms with Gasteiger partial charge in [-0.05, 0) is 38.1 Å². The van der Waals surface area contributed by atoms with E-state index in [-0.39, 0.29) is 0 Å². The van der Waals surface area contributed by atoms with Crippen molar-refractivity contribution >= 4 is 16.9 Å². The van der Waals surface area contributed by atoms with E-state index in [1.165, 1.54) is 25.9 Å². The fraction of sp³-hybridized carbons (Fsp3) is 0.467. The van der Waals surface area contributed by atoms with Gasteiger partial charge in [0.25, 0.3) is 0 Å². The zero-order chi connectivity index (χ0) is 13.8. The molecule has 1 aromatic carbocycles. The third-order valence-corrected chi connectivity index (χ3v) is 3.64. The summed E-state index contributed by atoms with van der Waals surface area (Å²) >= 11 is 0. The predicted molar refractivity (Wildman–Crippen MR) is 80.3 cm³/mol. The number of nitrogens with zero attached hydrogens (tertiary/aromatic N) is 3. The minimum atomic E-state index is 0.597. The van der Waals surface area contributed by atoms with E-state index in [2.05, 4.69) is 20.2 Å². The lowest BCUT2D eigenvalue weighted by Crippen LogP contribution is -2.25. The Hall–Kier alpha value is -1.88. The molecular formula is C15H20N4O. The Morgan fingerprint density at radius 3 is 2.80 bits per heavy atom.